The van der Waals surface area contributed by atoms with Crippen LogP contribution in [0.5, 0.6) is 0 Å². The molecule has 0 aliphatic rings. The highest BCUT2D eigenvalue weighted by molar-refractivity contribution is 4.75. The van der Waals surface area contributed by atoms with Crippen molar-refractivity contribution in [2.45, 2.75) is 26.0 Å². The Morgan fingerprint density at radius 3 is 2.31 bits per heavy atom. The lowest BCUT2D eigenvalue weighted by Gasteiger charge is -2.25. The molecule has 2 unspecified atom stereocenters. The first-order chi connectivity index (χ1) is 6.13. The first-order valence-electron chi connectivity index (χ1n) is 4.60. The van der Waals surface area contributed by atoms with Crippen molar-refractivity contribution in [1.82, 2.24) is 0 Å². The smallest absolute Gasteiger partial charge is 0.0959 e. The second-order valence-electron chi connectivity index (χ2n) is 3.41. The van der Waals surface area contributed by atoms with Crippen LogP contribution in [0, 0.1) is 5.92 Å². The molecule has 0 saturated heterocycles. The molecule has 4 nitrogen and oxygen atoms in total. The van der Waals surface area contributed by atoms with Gasteiger partial charge in [-0.1, -0.05) is 13.8 Å². The summed E-state index contributed by atoms with van der Waals surface area (Å²) in [6.45, 7) is 4.98. The molecule has 80 valence electrons. The minimum absolute atomic E-state index is 0.0386. The Morgan fingerprint density at radius 2 is 1.92 bits per heavy atom. The lowest BCUT2D eigenvalue weighted by Crippen LogP contribution is -2.43. The van der Waals surface area contributed by atoms with Crippen molar-refractivity contribution in [3.8, 4) is 0 Å². The summed E-state index contributed by atoms with van der Waals surface area (Å²) in [6, 6.07) is -0.123. The van der Waals surface area contributed by atoms with Crippen molar-refractivity contribution in [2.75, 3.05) is 26.9 Å². The highest BCUT2D eigenvalue weighted by Crippen LogP contribution is 2.06. The summed E-state index contributed by atoms with van der Waals surface area (Å²) in [5, 5.41) is 9.00. The fourth-order valence-corrected chi connectivity index (χ4v) is 0.998. The van der Waals surface area contributed by atoms with Crippen LogP contribution in [-0.4, -0.2) is 44.2 Å². The number of methoxy groups -OCH3 is 1. The summed E-state index contributed by atoms with van der Waals surface area (Å²) in [7, 11) is 1.61. The van der Waals surface area contributed by atoms with Crippen LogP contribution in [0.15, 0.2) is 0 Å². The van der Waals surface area contributed by atoms with Crippen LogP contribution in [0.25, 0.3) is 0 Å². The van der Waals surface area contributed by atoms with Gasteiger partial charge < -0.3 is 20.3 Å². The molecule has 0 bridgehead atoms. The molecule has 0 fully saturated rings. The molecule has 0 aliphatic carbocycles. The van der Waals surface area contributed by atoms with Crippen LogP contribution < -0.4 is 5.73 Å². The second-order valence-corrected chi connectivity index (χ2v) is 3.41. The van der Waals surface area contributed by atoms with Gasteiger partial charge in [-0.2, -0.15) is 0 Å². The Balaban J connectivity index is 3.73. The van der Waals surface area contributed by atoms with E-state index in [1.807, 2.05) is 13.8 Å². The average Bonchev–Trinajstić information content (AvgIpc) is 2.11. The van der Waals surface area contributed by atoms with E-state index in [1.165, 1.54) is 0 Å². The van der Waals surface area contributed by atoms with E-state index in [1.54, 1.807) is 7.11 Å². The van der Waals surface area contributed by atoms with Gasteiger partial charge in [0.25, 0.3) is 0 Å². The van der Waals surface area contributed by atoms with Crippen molar-refractivity contribution < 1.29 is 14.6 Å². The van der Waals surface area contributed by atoms with E-state index >= 15 is 0 Å². The zero-order valence-electron chi connectivity index (χ0n) is 8.69. The van der Waals surface area contributed by atoms with E-state index in [-0.39, 0.29) is 18.8 Å². The number of rotatable bonds is 7. The predicted molar refractivity (Wildman–Crippen MR) is 51.5 cm³/mol. The van der Waals surface area contributed by atoms with E-state index in [0.717, 1.165) is 0 Å². The number of hydrogen-bond acceptors (Lipinski definition) is 4. The molecule has 0 radical (unpaired) electrons. The molecule has 0 saturated carbocycles. The average molecular weight is 191 g/mol. The highest BCUT2D eigenvalue weighted by Gasteiger charge is 2.20. The maximum atomic E-state index is 9.00. The fourth-order valence-electron chi connectivity index (χ4n) is 0.998. The van der Waals surface area contributed by atoms with Gasteiger partial charge in [0.1, 0.15) is 0 Å². The Labute approximate surface area is 80.0 Å². The van der Waals surface area contributed by atoms with Gasteiger partial charge in [0.05, 0.1) is 25.9 Å². The van der Waals surface area contributed by atoms with Gasteiger partial charge in [0, 0.05) is 13.2 Å². The Bertz CT molecular complexity index is 119. The SMILES string of the molecule is COCCOC(CO)C(N)C(C)C. The Kier molecular flexibility index (Phi) is 7.17. The van der Waals surface area contributed by atoms with Crippen LogP contribution in [0.3, 0.4) is 0 Å². The van der Waals surface area contributed by atoms with Gasteiger partial charge in [-0.05, 0) is 5.92 Å². The maximum Gasteiger partial charge on any atom is 0.0959 e. The summed E-state index contributed by atoms with van der Waals surface area (Å²) < 4.78 is 10.2. The first kappa shape index (κ1) is 12.8. The zero-order chi connectivity index (χ0) is 10.3. The number of nitrogens with two attached hydrogens (primary N) is 1. The molecule has 13 heavy (non-hydrogen) atoms. The zero-order valence-corrected chi connectivity index (χ0v) is 8.69. The van der Waals surface area contributed by atoms with Crippen LogP contribution in [0.4, 0.5) is 0 Å². The molecular weight excluding hydrogens is 170 g/mol. The minimum Gasteiger partial charge on any atom is -0.394 e. The Morgan fingerprint density at radius 1 is 1.31 bits per heavy atom. The molecule has 0 aromatic rings. The normalized spacial score (nSPS) is 16.2. The molecule has 0 aromatic heterocycles. The summed E-state index contributed by atoms with van der Waals surface area (Å²) in [5.74, 6) is 0.305. The summed E-state index contributed by atoms with van der Waals surface area (Å²) in [4.78, 5) is 0. The molecule has 0 heterocycles. The van der Waals surface area contributed by atoms with Crippen LogP contribution >= 0.6 is 0 Å². The quantitative estimate of drug-likeness (QED) is 0.556. The van der Waals surface area contributed by atoms with Crippen molar-refractivity contribution >= 4 is 0 Å². The van der Waals surface area contributed by atoms with Gasteiger partial charge in [-0.15, -0.1) is 0 Å². The molecule has 0 aliphatic heterocycles. The fraction of sp³-hybridized carbons (Fsp3) is 1.00. The van der Waals surface area contributed by atoms with E-state index in [2.05, 4.69) is 0 Å². The van der Waals surface area contributed by atoms with E-state index in [4.69, 9.17) is 20.3 Å². The standard InChI is InChI=1S/C9H21NO3/c1-7(2)9(10)8(6-11)13-5-4-12-3/h7-9,11H,4-6,10H2,1-3H3. The monoisotopic (exact) mass is 191 g/mol. The van der Waals surface area contributed by atoms with Crippen molar-refractivity contribution in [1.29, 1.82) is 0 Å². The molecule has 2 atom stereocenters. The topological polar surface area (TPSA) is 64.7 Å². The molecule has 4 heteroatoms. The molecule has 0 rings (SSSR count). The third kappa shape index (κ3) is 5.21. The summed E-state index contributed by atoms with van der Waals surface area (Å²) in [6.07, 6.45) is -0.282. The summed E-state index contributed by atoms with van der Waals surface area (Å²) >= 11 is 0. The molecular formula is C9H21NO3. The third-order valence-corrected chi connectivity index (χ3v) is 2.00. The lowest BCUT2D eigenvalue weighted by atomic mass is 10.0. The lowest BCUT2D eigenvalue weighted by molar-refractivity contribution is -0.0300. The summed E-state index contributed by atoms with van der Waals surface area (Å²) in [5.41, 5.74) is 5.83. The molecule has 0 spiro atoms. The van der Waals surface area contributed by atoms with Gasteiger partial charge in [-0.25, -0.2) is 0 Å². The van der Waals surface area contributed by atoms with Gasteiger partial charge in [0.15, 0.2) is 0 Å². The molecule has 3 N–H and O–H groups in total. The maximum absolute atomic E-state index is 9.00. The van der Waals surface area contributed by atoms with Crippen LogP contribution in [0.1, 0.15) is 13.8 Å². The van der Waals surface area contributed by atoms with Crippen LogP contribution in [0.2, 0.25) is 0 Å². The van der Waals surface area contributed by atoms with Gasteiger partial charge in [0.2, 0.25) is 0 Å². The number of ether oxygens (including phenoxy) is 2. The van der Waals surface area contributed by atoms with Gasteiger partial charge in [-0.3, -0.25) is 0 Å². The van der Waals surface area contributed by atoms with Crippen LogP contribution in [-0.2, 0) is 9.47 Å². The molecule has 0 amide bonds. The minimum atomic E-state index is -0.282. The number of hydrogen-bond donors (Lipinski definition) is 2. The van der Waals surface area contributed by atoms with Crippen molar-refractivity contribution in [2.24, 2.45) is 11.7 Å². The predicted octanol–water partition coefficient (Wildman–Crippen LogP) is -0.00640. The second kappa shape index (κ2) is 7.26. The third-order valence-electron chi connectivity index (χ3n) is 2.00. The van der Waals surface area contributed by atoms with Crippen molar-refractivity contribution in [3.05, 3.63) is 0 Å². The number of aliphatic hydroxyl groups excluding tert-OH is 1. The largest absolute Gasteiger partial charge is 0.394 e. The Hall–Kier alpha value is -0.160. The molecule has 0 aromatic carbocycles. The van der Waals surface area contributed by atoms with Crippen molar-refractivity contribution in [3.63, 3.8) is 0 Å². The van der Waals surface area contributed by atoms with E-state index in [0.29, 0.717) is 19.1 Å². The van der Waals surface area contributed by atoms with E-state index < -0.39 is 0 Å². The number of aliphatic hydroxyl groups is 1. The van der Waals surface area contributed by atoms with E-state index in [9.17, 15) is 0 Å². The highest BCUT2D eigenvalue weighted by atomic mass is 16.5. The van der Waals surface area contributed by atoms with Gasteiger partial charge >= 0.3 is 0 Å². The first-order valence-corrected chi connectivity index (χ1v) is 4.60.